The van der Waals surface area contributed by atoms with Gasteiger partial charge in [0.25, 0.3) is 0 Å². The number of aryl methyl sites for hydroxylation is 2. The predicted octanol–water partition coefficient (Wildman–Crippen LogP) is 0.738. The molecule has 0 saturated carbocycles. The molecule has 0 fully saturated rings. The molecular formula is C10H18N2O2. The molecule has 0 aliphatic rings. The lowest BCUT2D eigenvalue weighted by molar-refractivity contribution is 0.155. The van der Waals surface area contributed by atoms with Gasteiger partial charge in [-0.1, -0.05) is 6.92 Å². The summed E-state index contributed by atoms with van der Waals surface area (Å²) in [5.41, 5.74) is 0.0102. The smallest absolute Gasteiger partial charge is 0.327 e. The summed E-state index contributed by atoms with van der Waals surface area (Å²) in [6.07, 6.45) is 5.69. The molecular weight excluding hydrogens is 180 g/mol. The summed E-state index contributed by atoms with van der Waals surface area (Å²) < 4.78 is 3.22. The molecule has 1 heterocycles. The van der Waals surface area contributed by atoms with Gasteiger partial charge in [0.15, 0.2) is 0 Å². The first-order valence-corrected chi connectivity index (χ1v) is 5.05. The minimum absolute atomic E-state index is 0.0102. The van der Waals surface area contributed by atoms with Gasteiger partial charge in [-0.15, -0.1) is 0 Å². The summed E-state index contributed by atoms with van der Waals surface area (Å²) >= 11 is 0. The first-order chi connectivity index (χ1) is 6.65. The van der Waals surface area contributed by atoms with Crippen LogP contribution < -0.4 is 5.69 Å². The SMILES string of the molecule is CCC(O)CCCn1ccn(C)c1=O. The monoisotopic (exact) mass is 198 g/mol. The van der Waals surface area contributed by atoms with Crippen molar-refractivity contribution in [3.8, 4) is 0 Å². The van der Waals surface area contributed by atoms with E-state index in [4.69, 9.17) is 0 Å². The third-order valence-electron chi connectivity index (χ3n) is 2.43. The highest BCUT2D eigenvalue weighted by molar-refractivity contribution is 4.79. The fourth-order valence-electron chi connectivity index (χ4n) is 1.38. The minimum Gasteiger partial charge on any atom is -0.393 e. The average molecular weight is 198 g/mol. The molecule has 1 aromatic rings. The number of imidazole rings is 1. The summed E-state index contributed by atoms with van der Waals surface area (Å²) in [5, 5.41) is 9.32. The Bertz CT molecular complexity index is 327. The van der Waals surface area contributed by atoms with Crippen molar-refractivity contribution in [2.24, 2.45) is 7.05 Å². The van der Waals surface area contributed by atoms with E-state index in [0.29, 0.717) is 6.54 Å². The summed E-state index contributed by atoms with van der Waals surface area (Å²) in [7, 11) is 1.74. The van der Waals surface area contributed by atoms with Gasteiger partial charge in [-0.3, -0.25) is 4.57 Å². The molecule has 1 atom stereocenters. The van der Waals surface area contributed by atoms with Crippen LogP contribution in [0.3, 0.4) is 0 Å². The number of aliphatic hydroxyl groups excluding tert-OH is 1. The molecule has 0 aromatic carbocycles. The first kappa shape index (κ1) is 11.0. The molecule has 1 unspecified atom stereocenters. The second kappa shape index (κ2) is 5.00. The second-order valence-electron chi connectivity index (χ2n) is 3.59. The van der Waals surface area contributed by atoms with Gasteiger partial charge in [-0.05, 0) is 19.3 Å². The van der Waals surface area contributed by atoms with E-state index in [1.54, 1.807) is 28.6 Å². The van der Waals surface area contributed by atoms with Crippen LogP contribution in [0.5, 0.6) is 0 Å². The summed E-state index contributed by atoms with van der Waals surface area (Å²) in [5.74, 6) is 0. The van der Waals surface area contributed by atoms with Gasteiger partial charge in [0.1, 0.15) is 0 Å². The molecule has 1 rings (SSSR count). The molecule has 0 aliphatic carbocycles. The standard InChI is InChI=1S/C10H18N2O2/c1-3-9(13)5-4-6-12-8-7-11(2)10(12)14/h7-9,13H,3-6H2,1-2H3. The summed E-state index contributed by atoms with van der Waals surface area (Å²) in [6.45, 7) is 2.65. The van der Waals surface area contributed by atoms with E-state index in [1.807, 2.05) is 6.92 Å². The van der Waals surface area contributed by atoms with Crippen molar-refractivity contribution in [2.45, 2.75) is 38.8 Å². The lowest BCUT2D eigenvalue weighted by Crippen LogP contribution is -2.22. The van der Waals surface area contributed by atoms with Crippen LogP contribution in [0.4, 0.5) is 0 Å². The number of aromatic nitrogens is 2. The number of nitrogens with zero attached hydrogens (tertiary/aromatic N) is 2. The Balaban J connectivity index is 2.39. The molecule has 80 valence electrons. The zero-order valence-electron chi connectivity index (χ0n) is 8.81. The van der Waals surface area contributed by atoms with Crippen LogP contribution >= 0.6 is 0 Å². The highest BCUT2D eigenvalue weighted by atomic mass is 16.3. The predicted molar refractivity (Wildman–Crippen MR) is 55.2 cm³/mol. The molecule has 1 N–H and O–H groups in total. The average Bonchev–Trinajstić information content (AvgIpc) is 2.49. The molecule has 0 spiro atoms. The lowest BCUT2D eigenvalue weighted by Gasteiger charge is -2.06. The minimum atomic E-state index is -0.227. The van der Waals surface area contributed by atoms with Crippen LogP contribution in [-0.4, -0.2) is 20.3 Å². The van der Waals surface area contributed by atoms with E-state index in [2.05, 4.69) is 0 Å². The van der Waals surface area contributed by atoms with E-state index < -0.39 is 0 Å². The van der Waals surface area contributed by atoms with Crippen molar-refractivity contribution in [3.05, 3.63) is 22.9 Å². The third kappa shape index (κ3) is 2.73. The number of hydrogen-bond donors (Lipinski definition) is 1. The fourth-order valence-corrected chi connectivity index (χ4v) is 1.38. The molecule has 14 heavy (non-hydrogen) atoms. The van der Waals surface area contributed by atoms with E-state index in [1.165, 1.54) is 0 Å². The van der Waals surface area contributed by atoms with Gasteiger partial charge < -0.3 is 9.67 Å². The summed E-state index contributed by atoms with van der Waals surface area (Å²) in [4.78, 5) is 11.4. The topological polar surface area (TPSA) is 47.2 Å². The fraction of sp³-hybridized carbons (Fsp3) is 0.700. The Hall–Kier alpha value is -1.03. The Morgan fingerprint density at radius 1 is 1.50 bits per heavy atom. The normalized spacial score (nSPS) is 13.1. The molecule has 4 heteroatoms. The van der Waals surface area contributed by atoms with Gasteiger partial charge >= 0.3 is 5.69 Å². The molecule has 4 nitrogen and oxygen atoms in total. The molecule has 0 amide bonds. The molecule has 0 radical (unpaired) electrons. The van der Waals surface area contributed by atoms with Crippen LogP contribution in [0.15, 0.2) is 17.2 Å². The number of hydrogen-bond acceptors (Lipinski definition) is 2. The zero-order valence-corrected chi connectivity index (χ0v) is 8.81. The van der Waals surface area contributed by atoms with E-state index >= 15 is 0 Å². The summed E-state index contributed by atoms with van der Waals surface area (Å²) in [6, 6.07) is 0. The van der Waals surface area contributed by atoms with Crippen molar-refractivity contribution in [2.75, 3.05) is 0 Å². The Labute approximate surface area is 83.8 Å². The Kier molecular flexibility index (Phi) is 3.95. The molecule has 0 bridgehead atoms. The molecule has 0 aliphatic heterocycles. The van der Waals surface area contributed by atoms with Crippen LogP contribution in [-0.2, 0) is 13.6 Å². The highest BCUT2D eigenvalue weighted by Crippen LogP contribution is 2.01. The molecule has 0 saturated heterocycles. The van der Waals surface area contributed by atoms with Crippen LogP contribution in [0.25, 0.3) is 0 Å². The lowest BCUT2D eigenvalue weighted by atomic mass is 10.1. The maximum atomic E-state index is 11.4. The first-order valence-electron chi connectivity index (χ1n) is 5.05. The molecule has 1 aromatic heterocycles. The van der Waals surface area contributed by atoms with Crippen molar-refractivity contribution in [3.63, 3.8) is 0 Å². The van der Waals surface area contributed by atoms with Gasteiger partial charge in [-0.25, -0.2) is 4.79 Å². The highest BCUT2D eigenvalue weighted by Gasteiger charge is 2.02. The van der Waals surface area contributed by atoms with Crippen molar-refractivity contribution in [1.29, 1.82) is 0 Å². The maximum absolute atomic E-state index is 11.4. The maximum Gasteiger partial charge on any atom is 0.327 e. The van der Waals surface area contributed by atoms with Crippen LogP contribution in [0, 0.1) is 0 Å². The largest absolute Gasteiger partial charge is 0.393 e. The second-order valence-corrected chi connectivity index (χ2v) is 3.59. The van der Waals surface area contributed by atoms with Crippen molar-refractivity contribution < 1.29 is 5.11 Å². The Morgan fingerprint density at radius 2 is 2.21 bits per heavy atom. The zero-order chi connectivity index (χ0) is 10.6. The van der Waals surface area contributed by atoms with Gasteiger partial charge in [0.2, 0.25) is 0 Å². The third-order valence-corrected chi connectivity index (χ3v) is 2.43. The Morgan fingerprint density at radius 3 is 2.71 bits per heavy atom. The van der Waals surface area contributed by atoms with Crippen LogP contribution in [0.2, 0.25) is 0 Å². The van der Waals surface area contributed by atoms with E-state index in [0.717, 1.165) is 19.3 Å². The van der Waals surface area contributed by atoms with Gasteiger partial charge in [0, 0.05) is 26.0 Å². The number of aliphatic hydroxyl groups is 1. The number of rotatable bonds is 5. The van der Waals surface area contributed by atoms with Gasteiger partial charge in [0.05, 0.1) is 6.10 Å². The van der Waals surface area contributed by atoms with Crippen molar-refractivity contribution >= 4 is 0 Å². The van der Waals surface area contributed by atoms with E-state index in [9.17, 15) is 9.90 Å². The van der Waals surface area contributed by atoms with E-state index in [-0.39, 0.29) is 11.8 Å². The van der Waals surface area contributed by atoms with Gasteiger partial charge in [-0.2, -0.15) is 0 Å². The van der Waals surface area contributed by atoms with Crippen molar-refractivity contribution in [1.82, 2.24) is 9.13 Å². The van der Waals surface area contributed by atoms with Crippen LogP contribution in [0.1, 0.15) is 26.2 Å². The quantitative estimate of drug-likeness (QED) is 0.758.